The predicted octanol–water partition coefficient (Wildman–Crippen LogP) is 7.03. The van der Waals surface area contributed by atoms with Crippen LogP contribution >= 0.6 is 0 Å². The van der Waals surface area contributed by atoms with Gasteiger partial charge < -0.3 is 0 Å². The highest BCUT2D eigenvalue weighted by atomic mass is 16.1. The molecule has 0 N–H and O–H groups in total. The molecule has 1 aliphatic carbocycles. The third-order valence-electron chi connectivity index (χ3n) is 5.82. The predicted molar refractivity (Wildman–Crippen MR) is 124 cm³/mol. The summed E-state index contributed by atoms with van der Waals surface area (Å²) in [4.78, 5) is 11.4. The van der Waals surface area contributed by atoms with Gasteiger partial charge in [0.15, 0.2) is 5.78 Å². The van der Waals surface area contributed by atoms with Gasteiger partial charge in [-0.25, -0.2) is 0 Å². The first-order valence-corrected chi connectivity index (χ1v) is 10.6. The summed E-state index contributed by atoms with van der Waals surface area (Å²) in [5, 5.41) is 0. The average molecular weight is 391 g/mol. The van der Waals surface area contributed by atoms with Gasteiger partial charge in [0.05, 0.1) is 0 Å². The Morgan fingerprint density at radius 3 is 2.00 bits per heavy atom. The highest BCUT2D eigenvalue weighted by Crippen LogP contribution is 2.36. The third kappa shape index (κ3) is 5.16. The first kappa shape index (κ1) is 19.9. The number of hydrogen-bond acceptors (Lipinski definition) is 1. The van der Waals surface area contributed by atoms with E-state index in [4.69, 9.17) is 0 Å². The Kier molecular flexibility index (Phi) is 6.26. The monoisotopic (exact) mass is 390 g/mol. The normalized spacial score (nSPS) is 15.8. The lowest BCUT2D eigenvalue weighted by atomic mass is 9.81. The lowest BCUT2D eigenvalue weighted by Crippen LogP contribution is -2.06. The molecule has 1 nitrogen and oxygen atoms in total. The van der Waals surface area contributed by atoms with E-state index in [0.717, 1.165) is 29.5 Å². The number of Topliss-reactive ketones (excluding diaryl/α,β-unsaturated/α-hetero) is 1. The fourth-order valence-electron chi connectivity index (χ4n) is 4.02. The Balaban J connectivity index is 1.36. The molecule has 0 bridgehead atoms. The summed E-state index contributed by atoms with van der Waals surface area (Å²) in [5.41, 5.74) is 7.00. The minimum absolute atomic E-state index is 0.117. The van der Waals surface area contributed by atoms with Gasteiger partial charge in [-0.15, -0.1) is 0 Å². The molecule has 30 heavy (non-hydrogen) atoms. The van der Waals surface area contributed by atoms with Gasteiger partial charge >= 0.3 is 0 Å². The molecule has 0 aromatic heterocycles. The maximum absolute atomic E-state index is 11.4. The van der Waals surface area contributed by atoms with Gasteiger partial charge in [0.2, 0.25) is 0 Å². The van der Waals surface area contributed by atoms with Crippen LogP contribution in [0.2, 0.25) is 0 Å². The lowest BCUT2D eigenvalue weighted by Gasteiger charge is -2.24. The molecule has 1 saturated carbocycles. The van der Waals surface area contributed by atoms with Crippen molar-refractivity contribution in [2.24, 2.45) is 0 Å². The van der Waals surface area contributed by atoms with Crippen LogP contribution < -0.4 is 0 Å². The van der Waals surface area contributed by atoms with E-state index in [1.807, 2.05) is 54.6 Å². The van der Waals surface area contributed by atoms with E-state index in [0.29, 0.717) is 5.92 Å². The molecule has 0 aliphatic heterocycles. The molecule has 0 radical (unpaired) electrons. The van der Waals surface area contributed by atoms with Crippen molar-refractivity contribution >= 4 is 11.9 Å². The molecule has 0 saturated heterocycles. The van der Waals surface area contributed by atoms with Crippen LogP contribution in [0, 0.1) is 11.8 Å². The van der Waals surface area contributed by atoms with Crippen molar-refractivity contribution < 1.29 is 4.79 Å². The number of benzene rings is 3. The molecule has 0 unspecified atom stereocenters. The Hall–Kier alpha value is -3.37. The van der Waals surface area contributed by atoms with Crippen LogP contribution in [0.5, 0.6) is 0 Å². The maximum Gasteiger partial charge on any atom is 0.159 e. The molecule has 3 aromatic rings. The highest BCUT2D eigenvalue weighted by molar-refractivity contribution is 5.94. The number of ketones is 1. The van der Waals surface area contributed by atoms with Gasteiger partial charge in [-0.3, -0.25) is 4.79 Å². The molecule has 0 spiro atoms. The van der Waals surface area contributed by atoms with Crippen molar-refractivity contribution in [3.05, 3.63) is 112 Å². The molecule has 1 fully saturated rings. The minimum Gasteiger partial charge on any atom is -0.295 e. The fourth-order valence-corrected chi connectivity index (χ4v) is 4.02. The van der Waals surface area contributed by atoms with Crippen LogP contribution in [0.3, 0.4) is 0 Å². The Morgan fingerprint density at radius 1 is 0.800 bits per heavy atom. The van der Waals surface area contributed by atoms with Crippen molar-refractivity contribution in [1.82, 2.24) is 0 Å². The van der Waals surface area contributed by atoms with Crippen LogP contribution in [-0.4, -0.2) is 5.78 Å². The number of carbonyl (C=O) groups excluding carboxylic acids is 1. The van der Waals surface area contributed by atoms with E-state index in [9.17, 15) is 4.79 Å². The van der Waals surface area contributed by atoms with Crippen molar-refractivity contribution in [3.8, 4) is 11.8 Å². The van der Waals surface area contributed by atoms with Crippen LogP contribution in [-0.2, 0) is 0 Å². The SMILES string of the molecule is CC(=O)c1ccc(C=C2CCC(c3ccc(C#Cc4ccccc4)cc3)CC2)cc1. The van der Waals surface area contributed by atoms with Gasteiger partial charge in [-0.1, -0.05) is 78.1 Å². The second kappa shape index (κ2) is 9.42. The molecule has 1 heteroatoms. The molecular formula is C29H26O. The van der Waals surface area contributed by atoms with E-state index in [1.54, 1.807) is 6.92 Å². The van der Waals surface area contributed by atoms with E-state index in [1.165, 1.54) is 29.5 Å². The smallest absolute Gasteiger partial charge is 0.159 e. The molecule has 4 rings (SSSR count). The van der Waals surface area contributed by atoms with Gasteiger partial charge in [0.25, 0.3) is 0 Å². The Labute approximate surface area is 179 Å². The quantitative estimate of drug-likeness (QED) is 0.346. The summed E-state index contributed by atoms with van der Waals surface area (Å²) in [5.74, 6) is 7.22. The van der Waals surface area contributed by atoms with Crippen molar-refractivity contribution in [2.75, 3.05) is 0 Å². The number of hydrogen-bond donors (Lipinski definition) is 0. The molecule has 1 aliphatic rings. The first-order chi connectivity index (χ1) is 14.7. The summed E-state index contributed by atoms with van der Waals surface area (Å²) in [6.07, 6.45) is 6.94. The zero-order valence-electron chi connectivity index (χ0n) is 17.4. The zero-order chi connectivity index (χ0) is 20.8. The van der Waals surface area contributed by atoms with E-state index < -0.39 is 0 Å². The average Bonchev–Trinajstić information content (AvgIpc) is 2.80. The Bertz CT molecular complexity index is 1080. The van der Waals surface area contributed by atoms with Crippen LogP contribution in [0.1, 0.15) is 71.1 Å². The fraction of sp³-hybridized carbons (Fsp3) is 0.207. The lowest BCUT2D eigenvalue weighted by molar-refractivity contribution is 0.101. The van der Waals surface area contributed by atoms with Gasteiger partial charge in [-0.05, 0) is 73.9 Å². The van der Waals surface area contributed by atoms with Gasteiger partial charge in [0, 0.05) is 16.7 Å². The van der Waals surface area contributed by atoms with Crippen LogP contribution in [0.15, 0.2) is 84.4 Å². The van der Waals surface area contributed by atoms with Crippen molar-refractivity contribution in [3.63, 3.8) is 0 Å². The standard InChI is InChI=1S/C29H26O/c1-22(30)27-15-11-25(12-16-27)21-26-13-19-29(20-14-26)28-17-9-24(10-18-28)8-7-23-5-3-2-4-6-23/h2-6,9-12,15-18,21,29H,13-14,19-20H2,1H3. The summed E-state index contributed by atoms with van der Waals surface area (Å²) in [6, 6.07) is 26.8. The minimum atomic E-state index is 0.117. The highest BCUT2D eigenvalue weighted by Gasteiger charge is 2.18. The van der Waals surface area contributed by atoms with E-state index in [-0.39, 0.29) is 5.78 Å². The second-order valence-corrected chi connectivity index (χ2v) is 7.99. The first-order valence-electron chi connectivity index (χ1n) is 10.6. The molecule has 0 amide bonds. The molecule has 148 valence electrons. The summed E-state index contributed by atoms with van der Waals surface area (Å²) in [7, 11) is 0. The van der Waals surface area contributed by atoms with Crippen molar-refractivity contribution in [1.29, 1.82) is 0 Å². The number of allylic oxidation sites excluding steroid dienone is 1. The van der Waals surface area contributed by atoms with Crippen LogP contribution in [0.4, 0.5) is 0 Å². The molecule has 3 aromatic carbocycles. The number of rotatable bonds is 3. The summed E-state index contributed by atoms with van der Waals surface area (Å²) >= 11 is 0. The largest absolute Gasteiger partial charge is 0.295 e. The van der Waals surface area contributed by atoms with Gasteiger partial charge in [-0.2, -0.15) is 0 Å². The third-order valence-corrected chi connectivity index (χ3v) is 5.82. The maximum atomic E-state index is 11.4. The van der Waals surface area contributed by atoms with Gasteiger partial charge in [0.1, 0.15) is 0 Å². The van der Waals surface area contributed by atoms with E-state index in [2.05, 4.69) is 42.2 Å². The van der Waals surface area contributed by atoms with E-state index >= 15 is 0 Å². The second-order valence-electron chi connectivity index (χ2n) is 7.99. The number of carbonyl (C=O) groups is 1. The summed E-state index contributed by atoms with van der Waals surface area (Å²) < 4.78 is 0. The molecule has 0 atom stereocenters. The topological polar surface area (TPSA) is 17.1 Å². The summed E-state index contributed by atoms with van der Waals surface area (Å²) in [6.45, 7) is 1.61. The van der Waals surface area contributed by atoms with Crippen molar-refractivity contribution in [2.45, 2.75) is 38.5 Å². The zero-order valence-corrected chi connectivity index (χ0v) is 17.4. The van der Waals surface area contributed by atoms with Crippen LogP contribution in [0.25, 0.3) is 6.08 Å². The molecule has 0 heterocycles. The Morgan fingerprint density at radius 2 is 1.40 bits per heavy atom. The molecular weight excluding hydrogens is 364 g/mol.